The lowest BCUT2D eigenvalue weighted by Gasteiger charge is -2.32. The number of rotatable bonds is 8. The molecule has 2 aromatic carbocycles. The summed E-state index contributed by atoms with van der Waals surface area (Å²) in [5.41, 5.74) is 2.13. The number of aromatic nitrogens is 1. The minimum Gasteiger partial charge on any atom is -0.437 e. The van der Waals surface area contributed by atoms with Crippen molar-refractivity contribution in [3.05, 3.63) is 60.2 Å². The minimum absolute atomic E-state index is 0.541. The molecule has 0 bridgehead atoms. The van der Waals surface area contributed by atoms with Crippen LogP contribution in [0.4, 0.5) is 0 Å². The number of para-hydroxylation sites is 1. The van der Waals surface area contributed by atoms with E-state index in [-0.39, 0.29) is 0 Å². The summed E-state index contributed by atoms with van der Waals surface area (Å²) in [5.74, 6) is -0.627. The summed E-state index contributed by atoms with van der Waals surface area (Å²) < 4.78 is 13.7. The van der Waals surface area contributed by atoms with E-state index in [1.807, 2.05) is 36.4 Å². The fourth-order valence-electron chi connectivity index (χ4n) is 2.73. The molecule has 1 atom stereocenters. The molecule has 3 aromatic rings. The average molecular weight is 341 g/mol. The Bertz CT molecular complexity index is 738. The van der Waals surface area contributed by atoms with Crippen LogP contribution in [0.2, 0.25) is 0 Å². The number of thiazole rings is 1. The summed E-state index contributed by atoms with van der Waals surface area (Å²) >= 11 is 1.57. The molecule has 3 nitrogen and oxygen atoms in total. The Morgan fingerprint density at radius 1 is 1.00 bits per heavy atom. The second-order valence-electron chi connectivity index (χ2n) is 5.84. The highest BCUT2D eigenvalue weighted by Gasteiger charge is 2.32. The number of benzene rings is 2. The Labute approximate surface area is 147 Å². The first-order chi connectivity index (χ1) is 11.7. The summed E-state index contributed by atoms with van der Waals surface area (Å²) in [6.07, 6.45) is 2.61. The molecule has 0 aliphatic heterocycles. The Balaban J connectivity index is 1.79. The smallest absolute Gasteiger partial charge is 0.276 e. The fourth-order valence-corrected chi connectivity index (χ4v) is 3.62. The number of hydrogen-bond donors (Lipinski definition) is 0. The highest BCUT2D eigenvalue weighted by atomic mass is 32.1. The van der Waals surface area contributed by atoms with Gasteiger partial charge in [-0.25, -0.2) is 4.98 Å². The first-order valence-corrected chi connectivity index (χ1v) is 9.29. The summed E-state index contributed by atoms with van der Waals surface area (Å²) in [7, 11) is 0. The zero-order valence-corrected chi connectivity index (χ0v) is 15.0. The monoisotopic (exact) mass is 341 g/mol. The Hall–Kier alpha value is -1.91. The van der Waals surface area contributed by atoms with Crippen molar-refractivity contribution in [2.24, 2.45) is 0 Å². The van der Waals surface area contributed by atoms with E-state index in [1.165, 1.54) is 0 Å². The van der Waals surface area contributed by atoms with Crippen LogP contribution in [0.3, 0.4) is 0 Å². The molecule has 4 heteroatoms. The van der Waals surface area contributed by atoms with Crippen molar-refractivity contribution < 1.29 is 9.47 Å². The first kappa shape index (κ1) is 16.9. The fraction of sp³-hybridized carbons (Fsp3) is 0.350. The molecule has 0 spiro atoms. The Kier molecular flexibility index (Phi) is 5.48. The van der Waals surface area contributed by atoms with Crippen LogP contribution >= 0.6 is 11.3 Å². The van der Waals surface area contributed by atoms with Gasteiger partial charge < -0.3 is 9.47 Å². The molecule has 0 aliphatic carbocycles. The zero-order chi connectivity index (χ0) is 16.8. The van der Waals surface area contributed by atoms with E-state index >= 15 is 0 Å². The van der Waals surface area contributed by atoms with Crippen molar-refractivity contribution in [2.45, 2.75) is 45.5 Å². The number of fused-ring (bicyclic) bond motifs is 1. The van der Waals surface area contributed by atoms with Gasteiger partial charge >= 0.3 is 0 Å². The van der Waals surface area contributed by atoms with Gasteiger partial charge in [0.05, 0.1) is 16.8 Å². The van der Waals surface area contributed by atoms with Crippen LogP contribution in [0.15, 0.2) is 54.6 Å². The molecule has 0 fully saturated rings. The molecular formula is C20H23NO2S. The maximum atomic E-state index is 6.28. The molecule has 0 saturated heterocycles. The molecule has 0 aliphatic rings. The van der Waals surface area contributed by atoms with E-state index in [0.717, 1.165) is 35.0 Å². The summed E-state index contributed by atoms with van der Waals surface area (Å²) in [6.45, 7) is 4.80. The quantitative estimate of drug-likeness (QED) is 0.485. The maximum Gasteiger partial charge on any atom is 0.276 e. The SMILES string of the molecule is CCCC(CC)(OCc1ccccc1)Oc1nc2ccccc2s1. The maximum absolute atomic E-state index is 6.28. The van der Waals surface area contributed by atoms with Gasteiger partial charge in [0.1, 0.15) is 0 Å². The number of nitrogens with zero attached hydrogens (tertiary/aromatic N) is 1. The number of hydrogen-bond acceptors (Lipinski definition) is 4. The van der Waals surface area contributed by atoms with Crippen LogP contribution in [0.25, 0.3) is 10.2 Å². The van der Waals surface area contributed by atoms with Gasteiger partial charge in [-0.15, -0.1) is 0 Å². The third-order valence-electron chi connectivity index (χ3n) is 4.06. The van der Waals surface area contributed by atoms with E-state index in [0.29, 0.717) is 11.8 Å². The molecule has 1 unspecified atom stereocenters. The normalized spacial score (nSPS) is 13.8. The molecular weight excluding hydrogens is 318 g/mol. The molecule has 0 radical (unpaired) electrons. The molecule has 1 heterocycles. The molecule has 1 aromatic heterocycles. The van der Waals surface area contributed by atoms with Gasteiger partial charge in [0, 0.05) is 12.8 Å². The lowest BCUT2D eigenvalue weighted by atomic mass is 10.1. The van der Waals surface area contributed by atoms with E-state index in [9.17, 15) is 0 Å². The first-order valence-electron chi connectivity index (χ1n) is 8.47. The van der Waals surface area contributed by atoms with Crippen LogP contribution in [0.5, 0.6) is 5.19 Å². The third kappa shape index (κ3) is 3.94. The molecule has 126 valence electrons. The lowest BCUT2D eigenvalue weighted by Crippen LogP contribution is -2.38. The van der Waals surface area contributed by atoms with Gasteiger partial charge in [0.2, 0.25) is 5.79 Å². The standard InChI is InChI=1S/C20H23NO2S/c1-3-14-20(4-2,22-15-16-10-6-5-7-11-16)23-19-21-17-12-8-9-13-18(17)24-19/h5-13H,3-4,14-15H2,1-2H3. The molecule has 0 N–H and O–H groups in total. The average Bonchev–Trinajstić information content (AvgIpc) is 3.03. The largest absolute Gasteiger partial charge is 0.437 e. The van der Waals surface area contributed by atoms with Crippen LogP contribution in [0.1, 0.15) is 38.7 Å². The molecule has 3 rings (SSSR count). The Morgan fingerprint density at radius 3 is 2.46 bits per heavy atom. The highest BCUT2D eigenvalue weighted by molar-refractivity contribution is 7.20. The zero-order valence-electron chi connectivity index (χ0n) is 14.2. The molecule has 0 amide bonds. The highest BCUT2D eigenvalue weighted by Crippen LogP contribution is 2.34. The lowest BCUT2D eigenvalue weighted by molar-refractivity contribution is -0.197. The molecule has 24 heavy (non-hydrogen) atoms. The van der Waals surface area contributed by atoms with E-state index in [4.69, 9.17) is 9.47 Å². The predicted octanol–water partition coefficient (Wildman–Crippen LogP) is 5.80. The van der Waals surface area contributed by atoms with E-state index in [1.54, 1.807) is 11.3 Å². The van der Waals surface area contributed by atoms with Crippen molar-refractivity contribution in [1.29, 1.82) is 0 Å². The summed E-state index contributed by atoms with van der Waals surface area (Å²) in [6, 6.07) is 18.3. The molecule has 0 saturated carbocycles. The van der Waals surface area contributed by atoms with Gasteiger partial charge in [-0.2, -0.15) is 0 Å². The second kappa shape index (κ2) is 7.77. The second-order valence-corrected chi connectivity index (χ2v) is 6.83. The Morgan fingerprint density at radius 2 is 1.75 bits per heavy atom. The van der Waals surface area contributed by atoms with E-state index in [2.05, 4.69) is 37.0 Å². The van der Waals surface area contributed by atoms with Crippen molar-refractivity contribution in [3.8, 4) is 5.19 Å². The van der Waals surface area contributed by atoms with Crippen LogP contribution in [-0.4, -0.2) is 10.8 Å². The minimum atomic E-state index is -0.627. The van der Waals surface area contributed by atoms with Crippen molar-refractivity contribution in [2.75, 3.05) is 0 Å². The topological polar surface area (TPSA) is 31.4 Å². The summed E-state index contributed by atoms with van der Waals surface area (Å²) in [5, 5.41) is 0.680. The third-order valence-corrected chi connectivity index (χ3v) is 4.98. The van der Waals surface area contributed by atoms with Crippen LogP contribution < -0.4 is 4.74 Å². The predicted molar refractivity (Wildman–Crippen MR) is 99.4 cm³/mol. The van der Waals surface area contributed by atoms with Gasteiger partial charge in [-0.3, -0.25) is 0 Å². The van der Waals surface area contributed by atoms with Crippen molar-refractivity contribution >= 4 is 21.6 Å². The van der Waals surface area contributed by atoms with Crippen LogP contribution in [-0.2, 0) is 11.3 Å². The van der Waals surface area contributed by atoms with Gasteiger partial charge in [-0.1, -0.05) is 67.6 Å². The van der Waals surface area contributed by atoms with E-state index < -0.39 is 5.79 Å². The van der Waals surface area contributed by atoms with Gasteiger partial charge in [-0.05, 0) is 24.1 Å². The number of ether oxygens (including phenoxy) is 2. The van der Waals surface area contributed by atoms with Crippen LogP contribution in [0, 0.1) is 0 Å². The van der Waals surface area contributed by atoms with Crippen molar-refractivity contribution in [3.63, 3.8) is 0 Å². The summed E-state index contributed by atoms with van der Waals surface area (Å²) in [4.78, 5) is 4.60. The van der Waals surface area contributed by atoms with Gasteiger partial charge in [0.25, 0.3) is 5.19 Å². The van der Waals surface area contributed by atoms with Gasteiger partial charge in [0.15, 0.2) is 0 Å². The van der Waals surface area contributed by atoms with Crippen molar-refractivity contribution in [1.82, 2.24) is 4.98 Å².